The number of hydrogen-bond donors (Lipinski definition) is 1. The van der Waals surface area contributed by atoms with Crippen LogP contribution in [0.15, 0.2) is 102 Å². The Kier molecular flexibility index (Phi) is 11.1. The first-order chi connectivity index (χ1) is 22.2. The second kappa shape index (κ2) is 14.9. The van der Waals surface area contributed by atoms with Crippen molar-refractivity contribution in [2.24, 2.45) is 0 Å². The maximum absolute atomic E-state index is 14.7. The summed E-state index contributed by atoms with van der Waals surface area (Å²) in [5.41, 5.74) is 4.18. The summed E-state index contributed by atoms with van der Waals surface area (Å²) in [7, 11) is -2.62. The third-order valence-corrected chi connectivity index (χ3v) is 9.71. The van der Waals surface area contributed by atoms with Gasteiger partial charge in [-0.25, -0.2) is 8.42 Å². The zero-order valence-electron chi connectivity index (χ0n) is 28.3. The number of ether oxygens (including phenoxy) is 1. The van der Waals surface area contributed by atoms with Gasteiger partial charge in [-0.1, -0.05) is 66.2 Å². The molecule has 248 valence electrons. The molecule has 1 N–H and O–H groups in total. The molecule has 8 nitrogen and oxygen atoms in total. The van der Waals surface area contributed by atoms with Crippen molar-refractivity contribution >= 4 is 27.5 Å². The summed E-state index contributed by atoms with van der Waals surface area (Å²) in [6.07, 6.45) is 0.229. The van der Waals surface area contributed by atoms with E-state index in [1.54, 1.807) is 49.6 Å². The molecule has 1 atom stereocenters. The van der Waals surface area contributed by atoms with Crippen molar-refractivity contribution in [2.75, 3.05) is 18.0 Å². The van der Waals surface area contributed by atoms with Crippen molar-refractivity contribution in [1.82, 2.24) is 10.2 Å². The van der Waals surface area contributed by atoms with Gasteiger partial charge in [0.2, 0.25) is 11.8 Å². The number of rotatable bonds is 12. The number of methoxy groups -OCH3 is 1. The van der Waals surface area contributed by atoms with Crippen molar-refractivity contribution in [3.63, 3.8) is 0 Å². The number of sulfonamides is 1. The Morgan fingerprint density at radius 2 is 1.47 bits per heavy atom. The first-order valence-electron chi connectivity index (χ1n) is 15.6. The molecule has 0 aromatic heterocycles. The van der Waals surface area contributed by atoms with Crippen LogP contribution in [0.5, 0.6) is 5.75 Å². The molecule has 0 saturated carbocycles. The molecule has 0 fully saturated rings. The van der Waals surface area contributed by atoms with Crippen LogP contribution in [0.4, 0.5) is 5.69 Å². The summed E-state index contributed by atoms with van der Waals surface area (Å²) in [6, 6.07) is 27.7. The zero-order chi connectivity index (χ0) is 34.4. The van der Waals surface area contributed by atoms with Gasteiger partial charge < -0.3 is 15.0 Å². The van der Waals surface area contributed by atoms with E-state index >= 15 is 0 Å². The van der Waals surface area contributed by atoms with Crippen molar-refractivity contribution in [3.8, 4) is 5.75 Å². The standard InChI is InChI=1S/C38H45N3O5S/c1-27-16-20-34(21-17-27)47(44,45)41(32-19-18-28(2)29(3)22-32)26-36(42)40(25-31-14-11-15-33(23-31)46-7)35(37(43)39-38(4,5)6)24-30-12-9-8-10-13-30/h8-23,35H,24-26H2,1-7H3,(H,39,43). The minimum atomic E-state index is -4.18. The third-order valence-electron chi connectivity index (χ3n) is 7.92. The average molecular weight is 656 g/mol. The number of nitrogens with one attached hydrogen (secondary N) is 1. The van der Waals surface area contributed by atoms with Gasteiger partial charge in [-0.3, -0.25) is 13.9 Å². The van der Waals surface area contributed by atoms with Gasteiger partial charge in [0.15, 0.2) is 0 Å². The first kappa shape index (κ1) is 35.2. The number of benzene rings is 4. The van der Waals surface area contributed by atoms with Gasteiger partial charge in [0.1, 0.15) is 18.3 Å². The van der Waals surface area contributed by atoms with E-state index < -0.39 is 34.1 Å². The average Bonchev–Trinajstić information content (AvgIpc) is 3.02. The van der Waals surface area contributed by atoms with E-state index in [1.807, 2.05) is 96.1 Å². The van der Waals surface area contributed by atoms with Crippen molar-refractivity contribution in [3.05, 3.63) is 125 Å². The zero-order valence-corrected chi connectivity index (χ0v) is 29.1. The van der Waals surface area contributed by atoms with E-state index in [9.17, 15) is 18.0 Å². The predicted molar refractivity (Wildman–Crippen MR) is 187 cm³/mol. The molecule has 2 amide bonds. The summed E-state index contributed by atoms with van der Waals surface area (Å²) in [5, 5.41) is 3.05. The maximum Gasteiger partial charge on any atom is 0.264 e. The summed E-state index contributed by atoms with van der Waals surface area (Å²) < 4.78 is 35.2. The number of carbonyl (C=O) groups is 2. The number of anilines is 1. The highest BCUT2D eigenvalue weighted by Crippen LogP contribution is 2.27. The summed E-state index contributed by atoms with van der Waals surface area (Å²) in [4.78, 5) is 30.3. The Balaban J connectivity index is 1.84. The highest BCUT2D eigenvalue weighted by molar-refractivity contribution is 7.92. The quantitative estimate of drug-likeness (QED) is 0.191. The molecule has 0 spiro atoms. The van der Waals surface area contributed by atoms with Crippen LogP contribution in [0.3, 0.4) is 0 Å². The van der Waals surface area contributed by atoms with Crippen LogP contribution in [-0.2, 0) is 32.6 Å². The molecule has 0 aliphatic heterocycles. The van der Waals surface area contributed by atoms with E-state index in [2.05, 4.69) is 5.32 Å². The van der Waals surface area contributed by atoms with Gasteiger partial charge in [-0.05, 0) is 100 Å². The minimum absolute atomic E-state index is 0.0520. The number of amides is 2. The molecular formula is C38H45N3O5S. The normalized spacial score (nSPS) is 12.2. The SMILES string of the molecule is COc1cccc(CN(C(=O)CN(c2ccc(C)c(C)c2)S(=O)(=O)c2ccc(C)cc2)C(Cc2ccccc2)C(=O)NC(C)(C)C)c1. The fourth-order valence-electron chi connectivity index (χ4n) is 5.22. The van der Waals surface area contributed by atoms with Gasteiger partial charge in [-0.15, -0.1) is 0 Å². The highest BCUT2D eigenvalue weighted by atomic mass is 32.2. The number of nitrogens with zero attached hydrogens (tertiary/aromatic N) is 2. The second-order valence-corrected chi connectivity index (χ2v) is 14.8. The van der Waals surface area contributed by atoms with Gasteiger partial charge in [0.05, 0.1) is 17.7 Å². The van der Waals surface area contributed by atoms with E-state index in [0.29, 0.717) is 11.4 Å². The lowest BCUT2D eigenvalue weighted by Gasteiger charge is -2.35. The largest absolute Gasteiger partial charge is 0.497 e. The summed E-state index contributed by atoms with van der Waals surface area (Å²) >= 11 is 0. The molecule has 0 saturated heterocycles. The smallest absolute Gasteiger partial charge is 0.264 e. The van der Waals surface area contributed by atoms with Crippen LogP contribution in [0.25, 0.3) is 0 Å². The van der Waals surface area contributed by atoms with Gasteiger partial charge in [0.25, 0.3) is 10.0 Å². The second-order valence-electron chi connectivity index (χ2n) is 12.9. The minimum Gasteiger partial charge on any atom is -0.497 e. The topological polar surface area (TPSA) is 96.0 Å². The van der Waals surface area contributed by atoms with E-state index in [-0.39, 0.29) is 23.8 Å². The third kappa shape index (κ3) is 9.23. The fraction of sp³-hybridized carbons (Fsp3) is 0.316. The van der Waals surface area contributed by atoms with Gasteiger partial charge >= 0.3 is 0 Å². The molecule has 0 aliphatic rings. The van der Waals surface area contributed by atoms with E-state index in [1.165, 1.54) is 4.90 Å². The lowest BCUT2D eigenvalue weighted by atomic mass is 10.0. The molecule has 4 aromatic rings. The summed E-state index contributed by atoms with van der Waals surface area (Å²) in [5.74, 6) is -0.254. The number of aryl methyl sites for hydroxylation is 3. The monoisotopic (exact) mass is 655 g/mol. The van der Waals surface area contributed by atoms with Crippen LogP contribution in [0.1, 0.15) is 48.6 Å². The molecule has 4 aromatic carbocycles. The lowest BCUT2D eigenvalue weighted by molar-refractivity contribution is -0.140. The Hall–Kier alpha value is -4.63. The fourth-order valence-corrected chi connectivity index (χ4v) is 6.63. The summed E-state index contributed by atoms with van der Waals surface area (Å²) in [6.45, 7) is 10.9. The molecule has 9 heteroatoms. The highest BCUT2D eigenvalue weighted by Gasteiger charge is 2.35. The van der Waals surface area contributed by atoms with Crippen LogP contribution < -0.4 is 14.4 Å². The lowest BCUT2D eigenvalue weighted by Crippen LogP contribution is -2.56. The van der Waals surface area contributed by atoms with Gasteiger partial charge in [-0.2, -0.15) is 0 Å². The Morgan fingerprint density at radius 3 is 2.09 bits per heavy atom. The molecule has 0 aliphatic carbocycles. The van der Waals surface area contributed by atoms with Gasteiger partial charge in [0, 0.05) is 18.5 Å². The molecule has 0 radical (unpaired) electrons. The van der Waals surface area contributed by atoms with Crippen molar-refractivity contribution in [2.45, 2.75) is 71.0 Å². The molecule has 1 unspecified atom stereocenters. The molecule has 0 heterocycles. The number of hydrogen-bond acceptors (Lipinski definition) is 5. The maximum atomic E-state index is 14.7. The molecule has 4 rings (SSSR count). The first-order valence-corrected chi connectivity index (χ1v) is 17.1. The van der Waals surface area contributed by atoms with E-state index in [0.717, 1.165) is 32.1 Å². The van der Waals surface area contributed by atoms with Crippen molar-refractivity contribution in [1.29, 1.82) is 0 Å². The molecule has 47 heavy (non-hydrogen) atoms. The Morgan fingerprint density at radius 1 is 0.809 bits per heavy atom. The molecule has 0 bridgehead atoms. The van der Waals surface area contributed by atoms with Crippen molar-refractivity contribution < 1.29 is 22.7 Å². The van der Waals surface area contributed by atoms with Crippen LogP contribution >= 0.6 is 0 Å². The van der Waals surface area contributed by atoms with Crippen LogP contribution in [-0.4, -0.2) is 50.4 Å². The Labute approximate surface area is 279 Å². The van der Waals surface area contributed by atoms with E-state index in [4.69, 9.17) is 4.74 Å². The molecular weight excluding hydrogens is 611 g/mol. The van der Waals surface area contributed by atoms with Crippen LogP contribution in [0, 0.1) is 20.8 Å². The van der Waals surface area contributed by atoms with Crippen LogP contribution in [0.2, 0.25) is 0 Å². The Bertz CT molecular complexity index is 1800. The number of carbonyl (C=O) groups excluding carboxylic acids is 2. The predicted octanol–water partition coefficient (Wildman–Crippen LogP) is 6.37.